The summed E-state index contributed by atoms with van der Waals surface area (Å²) >= 11 is 0. The number of hydroxylamine groups is 2. The Kier molecular flexibility index (Phi) is 4.31. The first-order chi connectivity index (χ1) is 10.3. The van der Waals surface area contributed by atoms with Gasteiger partial charge in [-0.2, -0.15) is 0 Å². The highest BCUT2D eigenvalue weighted by Gasteiger charge is 2.27. The predicted molar refractivity (Wildman–Crippen MR) is 81.6 cm³/mol. The molecule has 1 aliphatic rings. The number of carbonyl (C=O) groups is 1. The summed E-state index contributed by atoms with van der Waals surface area (Å²) in [4.78, 5) is 18.2. The standard InChI is InChI=1S/C18H19NO2/c20-18(21-19-13-7-8-14-19)17(15-9-3-1-4-10-15)16-11-5-2-6-12-16/h1-6,9-12,17H,7-8,13-14H2. The molecule has 3 rings (SSSR count). The second kappa shape index (κ2) is 6.55. The van der Waals surface area contributed by atoms with Crippen molar-refractivity contribution in [2.75, 3.05) is 13.1 Å². The molecule has 0 atom stereocenters. The van der Waals surface area contributed by atoms with Gasteiger partial charge in [-0.05, 0) is 24.0 Å². The van der Waals surface area contributed by atoms with Gasteiger partial charge in [-0.15, -0.1) is 5.06 Å². The van der Waals surface area contributed by atoms with Gasteiger partial charge >= 0.3 is 5.97 Å². The largest absolute Gasteiger partial charge is 0.367 e. The zero-order valence-corrected chi connectivity index (χ0v) is 11.9. The molecule has 1 saturated heterocycles. The SMILES string of the molecule is O=C(ON1CCCC1)C(c1ccccc1)c1ccccc1. The first kappa shape index (κ1) is 13.8. The Bertz CT molecular complexity index is 537. The Labute approximate surface area is 125 Å². The second-order valence-corrected chi connectivity index (χ2v) is 5.30. The van der Waals surface area contributed by atoms with Gasteiger partial charge in [-0.25, -0.2) is 4.79 Å². The number of benzene rings is 2. The summed E-state index contributed by atoms with van der Waals surface area (Å²) in [6, 6.07) is 19.6. The Balaban J connectivity index is 1.87. The van der Waals surface area contributed by atoms with Crippen molar-refractivity contribution < 1.29 is 9.63 Å². The monoisotopic (exact) mass is 281 g/mol. The van der Waals surface area contributed by atoms with Crippen molar-refractivity contribution in [2.45, 2.75) is 18.8 Å². The molecule has 0 unspecified atom stereocenters. The lowest BCUT2D eigenvalue weighted by atomic mass is 9.91. The van der Waals surface area contributed by atoms with E-state index in [9.17, 15) is 4.79 Å². The van der Waals surface area contributed by atoms with E-state index in [0.29, 0.717) is 0 Å². The third kappa shape index (κ3) is 3.31. The zero-order valence-electron chi connectivity index (χ0n) is 11.9. The molecule has 0 spiro atoms. The lowest BCUT2D eigenvalue weighted by Gasteiger charge is -2.20. The molecule has 3 nitrogen and oxygen atoms in total. The summed E-state index contributed by atoms with van der Waals surface area (Å²) in [5.74, 6) is -0.567. The maximum Gasteiger partial charge on any atom is 0.336 e. The molecule has 3 heteroatoms. The maximum atomic E-state index is 12.6. The lowest BCUT2D eigenvalue weighted by Crippen LogP contribution is -2.28. The van der Waals surface area contributed by atoms with E-state index in [1.165, 1.54) is 0 Å². The molecule has 2 aromatic carbocycles. The highest BCUT2D eigenvalue weighted by atomic mass is 16.7. The van der Waals surface area contributed by atoms with Gasteiger partial charge in [-0.1, -0.05) is 60.7 Å². The van der Waals surface area contributed by atoms with Crippen molar-refractivity contribution in [1.82, 2.24) is 5.06 Å². The molecule has 0 aliphatic carbocycles. The lowest BCUT2D eigenvalue weighted by molar-refractivity contribution is -0.186. The molecular formula is C18H19NO2. The third-order valence-corrected chi connectivity index (χ3v) is 3.79. The number of carbonyl (C=O) groups excluding carboxylic acids is 1. The van der Waals surface area contributed by atoms with Crippen LogP contribution in [0.15, 0.2) is 60.7 Å². The highest BCUT2D eigenvalue weighted by Crippen LogP contribution is 2.26. The number of nitrogens with zero attached hydrogens (tertiary/aromatic N) is 1. The van der Waals surface area contributed by atoms with Crippen LogP contribution >= 0.6 is 0 Å². The fourth-order valence-electron chi connectivity index (χ4n) is 2.71. The van der Waals surface area contributed by atoms with Crippen molar-refractivity contribution >= 4 is 5.97 Å². The third-order valence-electron chi connectivity index (χ3n) is 3.79. The topological polar surface area (TPSA) is 29.5 Å². The number of hydrogen-bond acceptors (Lipinski definition) is 3. The fourth-order valence-corrected chi connectivity index (χ4v) is 2.71. The summed E-state index contributed by atoms with van der Waals surface area (Å²) in [5.41, 5.74) is 1.93. The Hall–Kier alpha value is -2.13. The summed E-state index contributed by atoms with van der Waals surface area (Å²) in [6.45, 7) is 1.67. The number of rotatable bonds is 4. The van der Waals surface area contributed by atoms with E-state index in [0.717, 1.165) is 37.1 Å². The smallest absolute Gasteiger partial charge is 0.336 e. The van der Waals surface area contributed by atoms with Crippen LogP contribution in [0.1, 0.15) is 29.9 Å². The molecule has 21 heavy (non-hydrogen) atoms. The average molecular weight is 281 g/mol. The minimum atomic E-state index is -0.368. The fraction of sp³-hybridized carbons (Fsp3) is 0.278. The van der Waals surface area contributed by atoms with Crippen LogP contribution in [0.2, 0.25) is 0 Å². The van der Waals surface area contributed by atoms with Gasteiger partial charge in [0, 0.05) is 13.1 Å². The van der Waals surface area contributed by atoms with Gasteiger partial charge in [0.25, 0.3) is 0 Å². The summed E-state index contributed by atoms with van der Waals surface area (Å²) in [7, 11) is 0. The predicted octanol–water partition coefficient (Wildman–Crippen LogP) is 3.37. The normalized spacial score (nSPS) is 15.3. The van der Waals surface area contributed by atoms with E-state index in [-0.39, 0.29) is 11.9 Å². The van der Waals surface area contributed by atoms with Crippen molar-refractivity contribution in [3.8, 4) is 0 Å². The molecule has 0 saturated carbocycles. The van der Waals surface area contributed by atoms with Gasteiger partial charge in [0.1, 0.15) is 5.92 Å². The summed E-state index contributed by atoms with van der Waals surface area (Å²) < 4.78 is 0. The molecule has 0 radical (unpaired) electrons. The van der Waals surface area contributed by atoms with E-state index < -0.39 is 0 Å². The van der Waals surface area contributed by atoms with Gasteiger partial charge in [0.15, 0.2) is 0 Å². The molecule has 1 aliphatic heterocycles. The molecule has 0 bridgehead atoms. The molecule has 0 aromatic heterocycles. The Morgan fingerprint density at radius 2 is 1.33 bits per heavy atom. The van der Waals surface area contributed by atoms with Crippen molar-refractivity contribution in [3.05, 3.63) is 71.8 Å². The summed E-state index contributed by atoms with van der Waals surface area (Å²) in [5, 5.41) is 1.78. The quantitative estimate of drug-likeness (QED) is 0.860. The van der Waals surface area contributed by atoms with Crippen LogP contribution in [0.3, 0.4) is 0 Å². The van der Waals surface area contributed by atoms with Crippen molar-refractivity contribution in [2.24, 2.45) is 0 Å². The zero-order chi connectivity index (χ0) is 14.5. The van der Waals surface area contributed by atoms with Gasteiger partial charge in [0.05, 0.1) is 0 Å². The van der Waals surface area contributed by atoms with Gasteiger partial charge < -0.3 is 4.84 Å². The Morgan fingerprint density at radius 3 is 1.81 bits per heavy atom. The van der Waals surface area contributed by atoms with Gasteiger partial charge in [-0.3, -0.25) is 0 Å². The first-order valence-electron chi connectivity index (χ1n) is 7.41. The van der Waals surface area contributed by atoms with Crippen LogP contribution in [0, 0.1) is 0 Å². The van der Waals surface area contributed by atoms with Crippen LogP contribution in [-0.4, -0.2) is 24.1 Å². The van der Waals surface area contributed by atoms with E-state index in [1.807, 2.05) is 60.7 Å². The van der Waals surface area contributed by atoms with Gasteiger partial charge in [0.2, 0.25) is 0 Å². The van der Waals surface area contributed by atoms with Crippen LogP contribution in [0.4, 0.5) is 0 Å². The molecule has 0 amide bonds. The maximum absolute atomic E-state index is 12.6. The van der Waals surface area contributed by atoms with Crippen LogP contribution in [0.5, 0.6) is 0 Å². The van der Waals surface area contributed by atoms with Crippen LogP contribution in [-0.2, 0) is 9.63 Å². The molecule has 1 heterocycles. The molecule has 0 N–H and O–H groups in total. The molecule has 108 valence electrons. The highest BCUT2D eigenvalue weighted by molar-refractivity contribution is 5.82. The number of hydrogen-bond donors (Lipinski definition) is 0. The minimum absolute atomic E-state index is 0.200. The van der Waals surface area contributed by atoms with E-state index >= 15 is 0 Å². The molecular weight excluding hydrogens is 262 g/mol. The van der Waals surface area contributed by atoms with Crippen LogP contribution < -0.4 is 0 Å². The molecule has 2 aromatic rings. The Morgan fingerprint density at radius 1 is 0.857 bits per heavy atom. The molecule has 1 fully saturated rings. The van der Waals surface area contributed by atoms with Crippen molar-refractivity contribution in [3.63, 3.8) is 0 Å². The minimum Gasteiger partial charge on any atom is -0.367 e. The second-order valence-electron chi connectivity index (χ2n) is 5.30. The van der Waals surface area contributed by atoms with E-state index in [1.54, 1.807) is 5.06 Å². The van der Waals surface area contributed by atoms with Crippen LogP contribution in [0.25, 0.3) is 0 Å². The summed E-state index contributed by atoms with van der Waals surface area (Å²) in [6.07, 6.45) is 2.18. The van der Waals surface area contributed by atoms with Crippen molar-refractivity contribution in [1.29, 1.82) is 0 Å². The van der Waals surface area contributed by atoms with E-state index in [2.05, 4.69) is 0 Å². The van der Waals surface area contributed by atoms with E-state index in [4.69, 9.17) is 4.84 Å². The first-order valence-corrected chi connectivity index (χ1v) is 7.41. The average Bonchev–Trinajstić information content (AvgIpc) is 3.02.